The molecular weight excluding hydrogens is 154 g/mol. The molecule has 12 heavy (non-hydrogen) atoms. The number of hydrazone groups is 1. The summed E-state index contributed by atoms with van der Waals surface area (Å²) in [5.41, 5.74) is 6.29. The number of rotatable bonds is 3. The molecule has 0 aromatic heterocycles. The van der Waals surface area contributed by atoms with E-state index >= 15 is 0 Å². The van der Waals surface area contributed by atoms with Gasteiger partial charge in [-0.15, -0.1) is 0 Å². The highest BCUT2D eigenvalue weighted by Gasteiger charge is 2.31. The average Bonchev–Trinajstić information content (AvgIpc) is 2.32. The molecule has 1 amide bonds. The minimum absolute atomic E-state index is 0.0602. The number of carbonyl (C=O) groups excluding carboxylic acids is 1. The van der Waals surface area contributed by atoms with Crippen LogP contribution in [0.4, 0.5) is 0 Å². The van der Waals surface area contributed by atoms with Crippen molar-refractivity contribution in [1.29, 1.82) is 0 Å². The van der Waals surface area contributed by atoms with Crippen LogP contribution < -0.4 is 5.73 Å². The second kappa shape index (κ2) is 3.67. The smallest absolute Gasteiger partial charge is 0.251 e. The molecule has 0 fully saturated rings. The van der Waals surface area contributed by atoms with Crippen LogP contribution in [0.15, 0.2) is 5.10 Å². The van der Waals surface area contributed by atoms with Gasteiger partial charge in [-0.1, -0.05) is 0 Å². The zero-order chi connectivity index (χ0) is 9.14. The Bertz CT molecular complexity index is 212. The Labute approximate surface area is 72.4 Å². The molecule has 0 radical (unpaired) electrons. The highest BCUT2D eigenvalue weighted by molar-refractivity contribution is 6.06. The first-order valence-electron chi connectivity index (χ1n) is 4.27. The van der Waals surface area contributed by atoms with Crippen LogP contribution >= 0.6 is 0 Å². The Balaban J connectivity index is 2.67. The number of hydrogen-bond acceptors (Lipinski definition) is 3. The maximum Gasteiger partial charge on any atom is 0.251 e. The third kappa shape index (κ3) is 1.48. The summed E-state index contributed by atoms with van der Waals surface area (Å²) in [4.78, 5) is 11.5. The van der Waals surface area contributed by atoms with Gasteiger partial charge in [0.25, 0.3) is 5.91 Å². The van der Waals surface area contributed by atoms with Crippen molar-refractivity contribution in [1.82, 2.24) is 5.01 Å². The summed E-state index contributed by atoms with van der Waals surface area (Å²) in [5.74, 6) is 0.0374. The predicted octanol–water partition coefficient (Wildman–Crippen LogP) is 0.189. The van der Waals surface area contributed by atoms with Crippen LogP contribution in [0, 0.1) is 5.92 Å². The van der Waals surface area contributed by atoms with E-state index in [1.807, 2.05) is 13.8 Å². The molecule has 4 heteroatoms. The summed E-state index contributed by atoms with van der Waals surface area (Å²) in [6, 6.07) is 0. The van der Waals surface area contributed by atoms with Crippen LogP contribution in [0.3, 0.4) is 0 Å². The summed E-state index contributed by atoms with van der Waals surface area (Å²) in [7, 11) is 0. The Morgan fingerprint density at radius 2 is 2.33 bits per heavy atom. The van der Waals surface area contributed by atoms with E-state index in [0.29, 0.717) is 19.5 Å². The van der Waals surface area contributed by atoms with Gasteiger partial charge < -0.3 is 5.73 Å². The first kappa shape index (κ1) is 9.19. The van der Waals surface area contributed by atoms with Gasteiger partial charge in [0.15, 0.2) is 0 Å². The second-order valence-corrected chi connectivity index (χ2v) is 2.93. The molecule has 0 saturated heterocycles. The second-order valence-electron chi connectivity index (χ2n) is 2.93. The number of hydrogen-bond donors (Lipinski definition) is 1. The number of amides is 1. The van der Waals surface area contributed by atoms with Crippen LogP contribution in [0.2, 0.25) is 0 Å². The van der Waals surface area contributed by atoms with Crippen LogP contribution in [-0.2, 0) is 4.79 Å². The normalized spacial score (nSPS) is 23.2. The molecule has 0 saturated carbocycles. The van der Waals surface area contributed by atoms with Gasteiger partial charge in [0.2, 0.25) is 0 Å². The van der Waals surface area contributed by atoms with Crippen molar-refractivity contribution in [3.8, 4) is 0 Å². The Morgan fingerprint density at radius 1 is 1.67 bits per heavy atom. The van der Waals surface area contributed by atoms with Crippen molar-refractivity contribution in [2.24, 2.45) is 16.8 Å². The standard InChI is InChI=1S/C8H15N3O/c1-3-11-8(12)7(4-5-9)6(2)10-11/h7H,3-5,9H2,1-2H3. The SMILES string of the molecule is CCN1N=C(C)C(CCN)C1=O. The molecule has 1 aliphatic heterocycles. The minimum Gasteiger partial charge on any atom is -0.330 e. The molecule has 4 nitrogen and oxygen atoms in total. The number of carbonyl (C=O) groups is 1. The van der Waals surface area contributed by atoms with Crippen molar-refractivity contribution in [3.63, 3.8) is 0 Å². The number of nitrogens with two attached hydrogens (primary N) is 1. The van der Waals surface area contributed by atoms with Crippen LogP contribution in [0.25, 0.3) is 0 Å². The van der Waals surface area contributed by atoms with E-state index in [-0.39, 0.29) is 11.8 Å². The van der Waals surface area contributed by atoms with Gasteiger partial charge in [-0.3, -0.25) is 4.79 Å². The fraction of sp³-hybridized carbons (Fsp3) is 0.750. The first-order chi connectivity index (χ1) is 5.70. The molecular formula is C8H15N3O. The van der Waals surface area contributed by atoms with E-state index in [0.717, 1.165) is 5.71 Å². The highest BCUT2D eigenvalue weighted by Crippen LogP contribution is 2.17. The lowest BCUT2D eigenvalue weighted by molar-refractivity contribution is -0.131. The van der Waals surface area contributed by atoms with Gasteiger partial charge in [0.05, 0.1) is 5.92 Å². The number of nitrogens with zero attached hydrogens (tertiary/aromatic N) is 2. The van der Waals surface area contributed by atoms with Crippen LogP contribution in [0.5, 0.6) is 0 Å². The van der Waals surface area contributed by atoms with E-state index < -0.39 is 0 Å². The monoisotopic (exact) mass is 169 g/mol. The van der Waals surface area contributed by atoms with Gasteiger partial charge >= 0.3 is 0 Å². The fourth-order valence-electron chi connectivity index (χ4n) is 1.39. The lowest BCUT2D eigenvalue weighted by Gasteiger charge is -2.10. The molecule has 0 aliphatic carbocycles. The molecule has 0 aromatic carbocycles. The molecule has 0 aromatic rings. The summed E-state index contributed by atoms with van der Waals surface area (Å²) in [5, 5.41) is 5.64. The lowest BCUT2D eigenvalue weighted by Crippen LogP contribution is -2.28. The molecule has 1 aliphatic rings. The summed E-state index contributed by atoms with van der Waals surface area (Å²) >= 11 is 0. The van der Waals surface area contributed by atoms with Crippen molar-refractivity contribution in [2.45, 2.75) is 20.3 Å². The van der Waals surface area contributed by atoms with Crippen LogP contribution in [0.1, 0.15) is 20.3 Å². The van der Waals surface area contributed by atoms with Crippen LogP contribution in [-0.4, -0.2) is 29.7 Å². The van der Waals surface area contributed by atoms with Crippen molar-refractivity contribution >= 4 is 11.6 Å². The van der Waals surface area contributed by atoms with Gasteiger partial charge in [-0.05, 0) is 26.8 Å². The van der Waals surface area contributed by atoms with E-state index in [9.17, 15) is 4.79 Å². The third-order valence-electron chi connectivity index (χ3n) is 2.09. The molecule has 0 spiro atoms. The summed E-state index contributed by atoms with van der Waals surface area (Å²) < 4.78 is 0. The Morgan fingerprint density at radius 3 is 2.75 bits per heavy atom. The molecule has 2 N–H and O–H groups in total. The van der Waals surface area contributed by atoms with Crippen molar-refractivity contribution in [3.05, 3.63) is 0 Å². The summed E-state index contributed by atoms with van der Waals surface area (Å²) in [6.45, 7) is 4.99. The lowest BCUT2D eigenvalue weighted by atomic mass is 10.0. The van der Waals surface area contributed by atoms with Crippen molar-refractivity contribution in [2.75, 3.05) is 13.1 Å². The highest BCUT2D eigenvalue weighted by atomic mass is 16.2. The maximum absolute atomic E-state index is 11.5. The largest absolute Gasteiger partial charge is 0.330 e. The summed E-state index contributed by atoms with van der Waals surface area (Å²) in [6.07, 6.45) is 0.713. The maximum atomic E-state index is 11.5. The molecule has 1 atom stereocenters. The van der Waals surface area contributed by atoms with E-state index in [1.165, 1.54) is 5.01 Å². The third-order valence-corrected chi connectivity index (χ3v) is 2.09. The quantitative estimate of drug-likeness (QED) is 0.655. The zero-order valence-electron chi connectivity index (χ0n) is 7.58. The molecule has 68 valence electrons. The molecule has 1 heterocycles. The average molecular weight is 169 g/mol. The van der Waals surface area contributed by atoms with E-state index in [4.69, 9.17) is 5.73 Å². The zero-order valence-corrected chi connectivity index (χ0v) is 7.58. The molecule has 1 unspecified atom stereocenters. The van der Waals surface area contributed by atoms with Gasteiger partial charge in [-0.2, -0.15) is 5.10 Å². The minimum atomic E-state index is -0.0602. The van der Waals surface area contributed by atoms with Gasteiger partial charge in [0, 0.05) is 12.3 Å². The fourth-order valence-corrected chi connectivity index (χ4v) is 1.39. The first-order valence-corrected chi connectivity index (χ1v) is 4.27. The topological polar surface area (TPSA) is 58.7 Å². The Hall–Kier alpha value is -0.900. The molecule has 0 bridgehead atoms. The van der Waals surface area contributed by atoms with E-state index in [1.54, 1.807) is 0 Å². The van der Waals surface area contributed by atoms with Gasteiger partial charge in [0.1, 0.15) is 0 Å². The van der Waals surface area contributed by atoms with Crippen molar-refractivity contribution < 1.29 is 4.79 Å². The molecule has 1 rings (SSSR count). The predicted molar refractivity (Wildman–Crippen MR) is 47.7 cm³/mol. The Kier molecular flexibility index (Phi) is 2.81. The van der Waals surface area contributed by atoms with E-state index in [2.05, 4.69) is 5.10 Å². The van der Waals surface area contributed by atoms with Gasteiger partial charge in [-0.25, -0.2) is 5.01 Å².